The van der Waals surface area contributed by atoms with Crippen molar-refractivity contribution in [1.29, 1.82) is 0 Å². The Labute approximate surface area is 173 Å². The first-order chi connectivity index (χ1) is 11.9. The van der Waals surface area contributed by atoms with Crippen molar-refractivity contribution in [1.82, 2.24) is 9.88 Å². The van der Waals surface area contributed by atoms with Gasteiger partial charge in [0.15, 0.2) is 0 Å². The summed E-state index contributed by atoms with van der Waals surface area (Å²) in [6.45, 7) is 5.59. The van der Waals surface area contributed by atoms with Crippen molar-refractivity contribution < 1.29 is 9.53 Å². The van der Waals surface area contributed by atoms with Crippen LogP contribution in [0.3, 0.4) is 0 Å². The van der Waals surface area contributed by atoms with Crippen molar-refractivity contribution in [2.24, 2.45) is 11.1 Å². The molecule has 1 aliphatic heterocycles. The first kappa shape index (κ1) is 23.2. The van der Waals surface area contributed by atoms with Crippen molar-refractivity contribution in [3.05, 3.63) is 48.3 Å². The molecule has 1 amide bonds. The zero-order chi connectivity index (χ0) is 18.0. The van der Waals surface area contributed by atoms with Gasteiger partial charge >= 0.3 is 0 Å². The summed E-state index contributed by atoms with van der Waals surface area (Å²) < 4.78 is 5.19. The molecule has 27 heavy (non-hydrogen) atoms. The normalized spacial score (nSPS) is 18.1. The fourth-order valence-electron chi connectivity index (χ4n) is 3.23. The monoisotopic (exact) mass is 411 g/mol. The second-order valence-corrected chi connectivity index (χ2v) is 7.30. The maximum Gasteiger partial charge on any atom is 0.255 e. The van der Waals surface area contributed by atoms with Gasteiger partial charge in [0, 0.05) is 37.1 Å². The number of nitrogens with zero attached hydrogens (tertiary/aromatic N) is 2. The summed E-state index contributed by atoms with van der Waals surface area (Å²) in [6.07, 6.45) is 4.23. The van der Waals surface area contributed by atoms with Crippen LogP contribution in [0.25, 0.3) is 11.1 Å². The number of aromatic nitrogens is 1. The molecule has 1 atom stereocenters. The molecule has 1 unspecified atom stereocenters. The molecule has 1 fully saturated rings. The number of pyridine rings is 1. The van der Waals surface area contributed by atoms with Crippen LogP contribution in [0.2, 0.25) is 0 Å². The molecular formula is C20H27Cl2N3O2. The molecule has 2 aromatic rings. The maximum atomic E-state index is 12.9. The minimum atomic E-state index is -0.0745. The van der Waals surface area contributed by atoms with Crippen LogP contribution in [-0.2, 0) is 0 Å². The van der Waals surface area contributed by atoms with Crippen LogP contribution >= 0.6 is 24.8 Å². The van der Waals surface area contributed by atoms with E-state index in [1.165, 1.54) is 0 Å². The Hall–Kier alpha value is -1.82. The molecule has 3 rings (SSSR count). The second-order valence-electron chi connectivity index (χ2n) is 7.30. The average molecular weight is 412 g/mol. The van der Waals surface area contributed by atoms with Gasteiger partial charge in [0.05, 0.1) is 12.7 Å². The first-order valence-corrected chi connectivity index (χ1v) is 8.55. The van der Waals surface area contributed by atoms with Gasteiger partial charge in [0.2, 0.25) is 0 Å². The van der Waals surface area contributed by atoms with E-state index in [-0.39, 0.29) is 42.2 Å². The summed E-state index contributed by atoms with van der Waals surface area (Å²) in [4.78, 5) is 19.1. The van der Waals surface area contributed by atoms with Gasteiger partial charge in [-0.1, -0.05) is 26.0 Å². The van der Waals surface area contributed by atoms with Crippen LogP contribution in [0.15, 0.2) is 42.7 Å². The predicted octanol–water partition coefficient (Wildman–Crippen LogP) is 3.80. The highest BCUT2D eigenvalue weighted by Crippen LogP contribution is 2.29. The number of hydrogen-bond donors (Lipinski definition) is 1. The minimum Gasteiger partial charge on any atom is -0.497 e. The molecule has 0 bridgehead atoms. The Morgan fingerprint density at radius 1 is 1.19 bits per heavy atom. The summed E-state index contributed by atoms with van der Waals surface area (Å²) in [6, 6.07) is 9.76. The van der Waals surface area contributed by atoms with E-state index in [9.17, 15) is 4.79 Å². The molecular weight excluding hydrogens is 385 g/mol. The Kier molecular flexibility index (Phi) is 8.08. The van der Waals surface area contributed by atoms with E-state index in [1.807, 2.05) is 35.2 Å². The predicted molar refractivity (Wildman–Crippen MR) is 113 cm³/mol. The number of piperidine rings is 1. The number of benzene rings is 1. The molecule has 0 saturated carbocycles. The zero-order valence-electron chi connectivity index (χ0n) is 15.8. The number of halogens is 2. The third kappa shape index (κ3) is 5.12. The van der Waals surface area contributed by atoms with Crippen LogP contribution in [0.5, 0.6) is 5.75 Å². The van der Waals surface area contributed by atoms with Gasteiger partial charge in [-0.2, -0.15) is 0 Å². The lowest BCUT2D eigenvalue weighted by Gasteiger charge is -2.42. The fourth-order valence-corrected chi connectivity index (χ4v) is 3.23. The lowest BCUT2D eigenvalue weighted by Crippen LogP contribution is -2.54. The number of rotatable bonds is 3. The molecule has 7 heteroatoms. The van der Waals surface area contributed by atoms with Crippen molar-refractivity contribution in [2.75, 3.05) is 20.2 Å². The Morgan fingerprint density at radius 2 is 1.85 bits per heavy atom. The van der Waals surface area contributed by atoms with Gasteiger partial charge in [-0.05, 0) is 35.6 Å². The summed E-state index contributed by atoms with van der Waals surface area (Å²) in [5, 5.41) is 0. The van der Waals surface area contributed by atoms with E-state index in [0.29, 0.717) is 18.7 Å². The van der Waals surface area contributed by atoms with Gasteiger partial charge in [-0.25, -0.2) is 0 Å². The highest BCUT2D eigenvalue weighted by Gasteiger charge is 2.35. The number of carbonyl (C=O) groups is 1. The summed E-state index contributed by atoms with van der Waals surface area (Å²) in [5.41, 5.74) is 8.63. The molecule has 2 heterocycles. The third-order valence-electron chi connectivity index (χ3n) is 5.01. The van der Waals surface area contributed by atoms with Crippen molar-refractivity contribution in [2.45, 2.75) is 26.3 Å². The number of carbonyl (C=O) groups excluding carboxylic acids is 1. The largest absolute Gasteiger partial charge is 0.497 e. The van der Waals surface area contributed by atoms with E-state index in [0.717, 1.165) is 23.3 Å². The van der Waals surface area contributed by atoms with Gasteiger partial charge in [-0.3, -0.25) is 9.78 Å². The summed E-state index contributed by atoms with van der Waals surface area (Å²) >= 11 is 0. The average Bonchev–Trinajstić information content (AvgIpc) is 2.63. The maximum absolute atomic E-state index is 12.9. The van der Waals surface area contributed by atoms with Crippen LogP contribution < -0.4 is 10.5 Å². The van der Waals surface area contributed by atoms with E-state index < -0.39 is 0 Å². The SMILES string of the molecule is COc1ccc(-c2cncc(C(=O)N3CCC(N)C(C)(C)C3)c2)cc1.Cl.Cl. The minimum absolute atomic E-state index is 0. The van der Waals surface area contributed by atoms with Gasteiger partial charge in [-0.15, -0.1) is 24.8 Å². The zero-order valence-corrected chi connectivity index (χ0v) is 17.5. The number of ether oxygens (including phenoxy) is 1. The van der Waals surface area contributed by atoms with Crippen LogP contribution in [0, 0.1) is 5.41 Å². The number of hydrogen-bond acceptors (Lipinski definition) is 4. The van der Waals surface area contributed by atoms with Crippen LogP contribution in [-0.4, -0.2) is 42.0 Å². The molecule has 148 valence electrons. The molecule has 1 aromatic carbocycles. The topological polar surface area (TPSA) is 68.5 Å². The molecule has 0 radical (unpaired) electrons. The molecule has 0 spiro atoms. The molecule has 1 aromatic heterocycles. The van der Waals surface area contributed by atoms with Gasteiger partial charge in [0.1, 0.15) is 5.75 Å². The van der Waals surface area contributed by atoms with Gasteiger partial charge < -0.3 is 15.4 Å². The number of nitrogens with two attached hydrogens (primary N) is 1. The van der Waals surface area contributed by atoms with E-state index >= 15 is 0 Å². The van der Waals surface area contributed by atoms with Crippen molar-refractivity contribution in [3.8, 4) is 16.9 Å². The smallest absolute Gasteiger partial charge is 0.255 e. The number of amides is 1. The summed E-state index contributed by atoms with van der Waals surface area (Å²) in [7, 11) is 1.64. The molecule has 1 aliphatic rings. The molecule has 5 nitrogen and oxygen atoms in total. The van der Waals surface area contributed by atoms with Crippen LogP contribution in [0.1, 0.15) is 30.6 Å². The fraction of sp³-hybridized carbons (Fsp3) is 0.400. The quantitative estimate of drug-likeness (QED) is 0.833. The standard InChI is InChI=1S/C20H25N3O2.2ClH/c1-20(2)13-23(9-8-18(20)21)19(24)16-10-15(11-22-12-16)14-4-6-17(25-3)7-5-14;;/h4-7,10-12,18H,8-9,13,21H2,1-3H3;2*1H. The van der Waals surface area contributed by atoms with Crippen molar-refractivity contribution in [3.63, 3.8) is 0 Å². The Bertz CT molecular complexity index is 766. The lowest BCUT2D eigenvalue weighted by atomic mass is 9.79. The molecule has 2 N–H and O–H groups in total. The van der Waals surface area contributed by atoms with Gasteiger partial charge in [0.25, 0.3) is 5.91 Å². The first-order valence-electron chi connectivity index (χ1n) is 8.55. The highest BCUT2D eigenvalue weighted by molar-refractivity contribution is 5.95. The van der Waals surface area contributed by atoms with E-state index in [1.54, 1.807) is 19.5 Å². The van der Waals surface area contributed by atoms with Crippen molar-refractivity contribution >= 4 is 30.7 Å². The summed E-state index contributed by atoms with van der Waals surface area (Å²) in [5.74, 6) is 0.818. The van der Waals surface area contributed by atoms with Crippen LogP contribution in [0.4, 0.5) is 0 Å². The number of methoxy groups -OCH3 is 1. The Morgan fingerprint density at radius 3 is 2.44 bits per heavy atom. The van der Waals surface area contributed by atoms with E-state index in [2.05, 4.69) is 18.8 Å². The second kappa shape index (κ2) is 9.40. The highest BCUT2D eigenvalue weighted by atomic mass is 35.5. The lowest BCUT2D eigenvalue weighted by molar-refractivity contribution is 0.0532. The molecule has 1 saturated heterocycles. The molecule has 0 aliphatic carbocycles. The number of likely N-dealkylation sites (tertiary alicyclic amines) is 1. The van der Waals surface area contributed by atoms with E-state index in [4.69, 9.17) is 10.5 Å². The Balaban J connectivity index is 0.00000182. The third-order valence-corrected chi connectivity index (χ3v) is 5.01.